The van der Waals surface area contributed by atoms with Crippen molar-refractivity contribution in [1.29, 1.82) is 0 Å². The fourth-order valence-electron chi connectivity index (χ4n) is 6.02. The Labute approximate surface area is 185 Å². The van der Waals surface area contributed by atoms with Crippen molar-refractivity contribution in [3.8, 4) is 17.0 Å². The van der Waals surface area contributed by atoms with Crippen molar-refractivity contribution in [2.75, 3.05) is 6.61 Å². The molecule has 4 heteroatoms. The van der Waals surface area contributed by atoms with Gasteiger partial charge in [0.25, 0.3) is 0 Å². The van der Waals surface area contributed by atoms with E-state index in [0.29, 0.717) is 12.4 Å². The molecule has 164 valence electrons. The third-order valence-corrected chi connectivity index (χ3v) is 7.04. The van der Waals surface area contributed by atoms with Crippen LogP contribution in [0.25, 0.3) is 17.3 Å². The van der Waals surface area contributed by atoms with Crippen molar-refractivity contribution < 1.29 is 14.6 Å². The van der Waals surface area contributed by atoms with E-state index >= 15 is 0 Å². The van der Waals surface area contributed by atoms with E-state index in [2.05, 4.69) is 24.9 Å². The molecule has 2 saturated carbocycles. The third-order valence-electron chi connectivity index (χ3n) is 7.04. The first-order chi connectivity index (χ1) is 14.9. The van der Waals surface area contributed by atoms with Crippen LogP contribution >= 0.6 is 0 Å². The molecule has 2 aromatic rings. The number of rotatable bonds is 5. The first-order valence-electron chi connectivity index (χ1n) is 11.5. The Morgan fingerprint density at radius 2 is 1.94 bits per heavy atom. The summed E-state index contributed by atoms with van der Waals surface area (Å²) in [6.45, 7) is 6.87. The molecule has 0 aliphatic heterocycles. The van der Waals surface area contributed by atoms with Gasteiger partial charge >= 0.3 is 5.97 Å². The molecule has 0 amide bonds. The summed E-state index contributed by atoms with van der Waals surface area (Å²) in [5.74, 6) is 2.40. The van der Waals surface area contributed by atoms with E-state index in [1.165, 1.54) is 25.3 Å². The molecule has 4 rings (SSSR count). The van der Waals surface area contributed by atoms with Crippen LogP contribution in [0.3, 0.4) is 0 Å². The van der Waals surface area contributed by atoms with Gasteiger partial charge in [-0.15, -0.1) is 0 Å². The van der Waals surface area contributed by atoms with E-state index < -0.39 is 0 Å². The average molecular weight is 420 g/mol. The van der Waals surface area contributed by atoms with Crippen LogP contribution in [0.4, 0.5) is 0 Å². The number of aromatic hydroxyl groups is 1. The molecule has 1 aromatic heterocycles. The molecule has 2 bridgehead atoms. The number of aromatic nitrogens is 1. The molecule has 0 spiro atoms. The van der Waals surface area contributed by atoms with Crippen LogP contribution in [-0.2, 0) is 14.9 Å². The Hall–Kier alpha value is -2.62. The Morgan fingerprint density at radius 1 is 1.19 bits per heavy atom. The summed E-state index contributed by atoms with van der Waals surface area (Å²) in [5, 5.41) is 10.8. The molecule has 0 saturated heterocycles. The molecule has 2 unspecified atom stereocenters. The standard InChI is InChI=1S/C27H33NO3/c1-4-31-26(30)10-6-19-5-8-24(28-17-19)22-7-9-25(29)23(14-22)27(3)15-20-11-18(2)12-21(13-20)16-27/h5-10,14,17-18,20-21,29H,4,11-13,15-16H2,1-3H3/b10-6+. The summed E-state index contributed by atoms with van der Waals surface area (Å²) in [7, 11) is 0. The van der Waals surface area contributed by atoms with Gasteiger partial charge in [-0.05, 0) is 98.1 Å². The number of pyridine rings is 1. The molecular weight excluding hydrogens is 386 g/mol. The van der Waals surface area contributed by atoms with Crippen molar-refractivity contribution in [2.24, 2.45) is 17.8 Å². The Morgan fingerprint density at radius 3 is 2.58 bits per heavy atom. The topological polar surface area (TPSA) is 59.4 Å². The summed E-state index contributed by atoms with van der Waals surface area (Å²) in [6, 6.07) is 9.79. The fourth-order valence-corrected chi connectivity index (χ4v) is 6.02. The second-order valence-electron chi connectivity index (χ2n) is 9.81. The first kappa shape index (κ1) is 21.6. The molecular formula is C27H33NO3. The highest BCUT2D eigenvalue weighted by Crippen LogP contribution is 2.53. The number of carbonyl (C=O) groups excluding carboxylic acids is 1. The molecule has 0 radical (unpaired) electrons. The number of ether oxygens (including phenoxy) is 1. The smallest absolute Gasteiger partial charge is 0.330 e. The minimum absolute atomic E-state index is 0.0101. The molecule has 1 aromatic carbocycles. The van der Waals surface area contributed by atoms with Gasteiger partial charge in [0, 0.05) is 23.4 Å². The Bertz CT molecular complexity index is 945. The predicted octanol–water partition coefficient (Wildman–Crippen LogP) is 6.13. The molecule has 1 N–H and O–H groups in total. The summed E-state index contributed by atoms with van der Waals surface area (Å²) >= 11 is 0. The number of phenolic OH excluding ortho intramolecular Hbond substituents is 1. The molecule has 2 atom stereocenters. The number of nitrogens with zero attached hydrogens (tertiary/aromatic N) is 1. The number of fused-ring (bicyclic) bond motifs is 2. The van der Waals surface area contributed by atoms with E-state index in [1.54, 1.807) is 19.2 Å². The number of hydrogen-bond donors (Lipinski definition) is 1. The quantitative estimate of drug-likeness (QED) is 0.467. The maximum atomic E-state index is 11.5. The van der Waals surface area contributed by atoms with E-state index in [-0.39, 0.29) is 11.4 Å². The van der Waals surface area contributed by atoms with Crippen LogP contribution < -0.4 is 0 Å². The van der Waals surface area contributed by atoms with E-state index in [1.807, 2.05) is 24.3 Å². The molecule has 4 nitrogen and oxygen atoms in total. The monoisotopic (exact) mass is 419 g/mol. The van der Waals surface area contributed by atoms with Crippen LogP contribution in [0.5, 0.6) is 5.75 Å². The van der Waals surface area contributed by atoms with Gasteiger partial charge in [0.15, 0.2) is 0 Å². The first-order valence-corrected chi connectivity index (χ1v) is 11.5. The number of carbonyl (C=O) groups is 1. The average Bonchev–Trinajstić information content (AvgIpc) is 2.72. The van der Waals surface area contributed by atoms with Crippen LogP contribution in [0.15, 0.2) is 42.6 Å². The highest BCUT2D eigenvalue weighted by Gasteiger charge is 2.42. The van der Waals surface area contributed by atoms with Crippen molar-refractivity contribution in [2.45, 2.75) is 58.3 Å². The minimum atomic E-state index is -0.352. The second-order valence-corrected chi connectivity index (χ2v) is 9.81. The largest absolute Gasteiger partial charge is 0.508 e. The van der Waals surface area contributed by atoms with Gasteiger partial charge in [-0.25, -0.2) is 4.79 Å². The third kappa shape index (κ3) is 4.84. The van der Waals surface area contributed by atoms with Gasteiger partial charge in [-0.1, -0.05) is 19.9 Å². The van der Waals surface area contributed by atoms with Crippen molar-refractivity contribution in [1.82, 2.24) is 4.98 Å². The summed E-state index contributed by atoms with van der Waals surface area (Å²) < 4.78 is 4.91. The summed E-state index contributed by atoms with van der Waals surface area (Å²) in [4.78, 5) is 16.1. The maximum Gasteiger partial charge on any atom is 0.330 e. The lowest BCUT2D eigenvalue weighted by Gasteiger charge is -2.47. The maximum absolute atomic E-state index is 11.5. The van der Waals surface area contributed by atoms with Crippen LogP contribution in [-0.4, -0.2) is 22.7 Å². The normalized spacial score (nSPS) is 27.9. The number of phenols is 1. The van der Waals surface area contributed by atoms with Crippen LogP contribution in [0.1, 0.15) is 64.0 Å². The molecule has 1 heterocycles. The highest BCUT2D eigenvalue weighted by molar-refractivity contribution is 5.87. The lowest BCUT2D eigenvalue weighted by atomic mass is 9.57. The Kier molecular flexibility index (Phi) is 6.17. The minimum Gasteiger partial charge on any atom is -0.508 e. The lowest BCUT2D eigenvalue weighted by Crippen LogP contribution is -2.38. The summed E-state index contributed by atoms with van der Waals surface area (Å²) in [5.41, 5.74) is 3.79. The van der Waals surface area contributed by atoms with Crippen LogP contribution in [0, 0.1) is 17.8 Å². The predicted molar refractivity (Wildman–Crippen MR) is 124 cm³/mol. The van der Waals surface area contributed by atoms with Gasteiger partial charge in [-0.2, -0.15) is 0 Å². The highest BCUT2D eigenvalue weighted by atomic mass is 16.5. The molecule has 31 heavy (non-hydrogen) atoms. The summed E-state index contributed by atoms with van der Waals surface area (Å²) in [6.07, 6.45) is 11.2. The molecule has 2 fully saturated rings. The van der Waals surface area contributed by atoms with Crippen LogP contribution in [0.2, 0.25) is 0 Å². The van der Waals surface area contributed by atoms with Gasteiger partial charge in [0.1, 0.15) is 5.75 Å². The van der Waals surface area contributed by atoms with Crippen molar-refractivity contribution in [3.05, 3.63) is 53.7 Å². The fraction of sp³-hybridized carbons (Fsp3) is 0.481. The van der Waals surface area contributed by atoms with Gasteiger partial charge in [-0.3, -0.25) is 4.98 Å². The zero-order valence-corrected chi connectivity index (χ0v) is 18.8. The second kappa shape index (κ2) is 8.86. The molecule has 2 aliphatic rings. The van der Waals surface area contributed by atoms with E-state index in [9.17, 15) is 9.90 Å². The van der Waals surface area contributed by atoms with Crippen molar-refractivity contribution >= 4 is 12.0 Å². The SMILES string of the molecule is CCOC(=O)/C=C/c1ccc(-c2ccc(O)c(C3(C)CC4CC(C)CC(C4)C3)c2)nc1. The van der Waals surface area contributed by atoms with Crippen molar-refractivity contribution in [3.63, 3.8) is 0 Å². The zero-order valence-electron chi connectivity index (χ0n) is 18.8. The number of benzene rings is 1. The zero-order chi connectivity index (χ0) is 22.0. The van der Waals surface area contributed by atoms with Gasteiger partial charge < -0.3 is 9.84 Å². The Balaban J connectivity index is 1.56. The van der Waals surface area contributed by atoms with E-state index in [4.69, 9.17) is 4.74 Å². The van der Waals surface area contributed by atoms with E-state index in [0.717, 1.165) is 53.0 Å². The van der Waals surface area contributed by atoms with Gasteiger partial charge in [0.05, 0.1) is 12.3 Å². The molecule has 2 aliphatic carbocycles. The van der Waals surface area contributed by atoms with Gasteiger partial charge in [0.2, 0.25) is 0 Å². The number of esters is 1. The number of hydrogen-bond acceptors (Lipinski definition) is 4. The lowest BCUT2D eigenvalue weighted by molar-refractivity contribution is -0.137.